The third-order valence-electron chi connectivity index (χ3n) is 6.80. The van der Waals surface area contributed by atoms with Crippen molar-refractivity contribution in [2.75, 3.05) is 39.2 Å². The van der Waals surface area contributed by atoms with Gasteiger partial charge in [-0.25, -0.2) is 4.39 Å². The Morgan fingerprint density at radius 1 is 0.949 bits per heavy atom. The molecule has 0 saturated carbocycles. The number of amides is 1. The summed E-state index contributed by atoms with van der Waals surface area (Å²) in [5.41, 5.74) is 1.19. The lowest BCUT2D eigenvalue weighted by atomic mass is 10.1. The fourth-order valence-corrected chi connectivity index (χ4v) is 4.76. The van der Waals surface area contributed by atoms with Crippen molar-refractivity contribution >= 4 is 22.5 Å². The molecule has 1 aliphatic heterocycles. The first-order valence-corrected chi connectivity index (χ1v) is 13.1. The van der Waals surface area contributed by atoms with Crippen molar-refractivity contribution in [2.24, 2.45) is 0 Å². The first kappa shape index (κ1) is 26.4. The minimum Gasteiger partial charge on any atom is -0.493 e. The highest BCUT2D eigenvalue weighted by Crippen LogP contribution is 2.37. The summed E-state index contributed by atoms with van der Waals surface area (Å²) in [5.74, 6) is 0.422. The minimum atomic E-state index is -0.624. The molecule has 1 amide bonds. The van der Waals surface area contributed by atoms with Crippen molar-refractivity contribution in [3.63, 3.8) is 0 Å². The van der Waals surface area contributed by atoms with E-state index in [0.29, 0.717) is 33.8 Å². The highest BCUT2D eigenvalue weighted by atomic mass is 19.1. The fourth-order valence-electron chi connectivity index (χ4n) is 4.76. The molecule has 1 aliphatic rings. The highest BCUT2D eigenvalue weighted by molar-refractivity contribution is 6.02. The second-order valence-electron chi connectivity index (χ2n) is 9.45. The summed E-state index contributed by atoms with van der Waals surface area (Å²) in [6, 6.07) is 11.0. The molecule has 0 aliphatic carbocycles. The molecule has 2 aromatic heterocycles. The van der Waals surface area contributed by atoms with Gasteiger partial charge in [0.15, 0.2) is 28.8 Å². The molecule has 1 N–H and O–H groups in total. The molecule has 10 heteroatoms. The molecule has 3 heterocycles. The van der Waals surface area contributed by atoms with E-state index in [1.807, 2.05) is 0 Å². The van der Waals surface area contributed by atoms with Gasteiger partial charge in [0, 0.05) is 42.1 Å². The maximum Gasteiger partial charge on any atom is 0.276 e. The smallest absolute Gasteiger partial charge is 0.276 e. The lowest BCUT2D eigenvalue weighted by Gasteiger charge is -2.26. The number of halogens is 1. The van der Waals surface area contributed by atoms with Gasteiger partial charge in [0.1, 0.15) is 5.75 Å². The van der Waals surface area contributed by atoms with E-state index in [9.17, 15) is 9.18 Å². The van der Waals surface area contributed by atoms with Crippen LogP contribution in [0.15, 0.2) is 54.9 Å². The SMILES string of the molecule is COc1cc2nccc(Oc3ccc(NC(=O)c4ccn(CCCN5CCCCC5)n4)cc3F)c2cc1OC. The summed E-state index contributed by atoms with van der Waals surface area (Å²) in [6.07, 6.45) is 8.20. The van der Waals surface area contributed by atoms with Crippen LogP contribution >= 0.6 is 0 Å². The van der Waals surface area contributed by atoms with E-state index >= 15 is 0 Å². The van der Waals surface area contributed by atoms with Gasteiger partial charge in [0.2, 0.25) is 0 Å². The third-order valence-corrected chi connectivity index (χ3v) is 6.80. The average molecular weight is 534 g/mol. The summed E-state index contributed by atoms with van der Waals surface area (Å²) in [4.78, 5) is 19.5. The molecule has 9 nitrogen and oxygen atoms in total. The molecule has 0 spiro atoms. The Labute approximate surface area is 226 Å². The van der Waals surface area contributed by atoms with E-state index in [1.165, 1.54) is 38.5 Å². The molecule has 0 radical (unpaired) electrons. The number of pyridine rings is 1. The highest BCUT2D eigenvalue weighted by Gasteiger charge is 2.15. The van der Waals surface area contributed by atoms with Gasteiger partial charge >= 0.3 is 0 Å². The van der Waals surface area contributed by atoms with Crippen LogP contribution in [0.5, 0.6) is 23.0 Å². The quantitative estimate of drug-likeness (QED) is 0.288. The van der Waals surface area contributed by atoms with Gasteiger partial charge in [-0.05, 0) is 69.2 Å². The number of rotatable bonds is 10. The minimum absolute atomic E-state index is 0.00765. The molecule has 5 rings (SSSR count). The van der Waals surface area contributed by atoms with Crippen LogP contribution in [0.1, 0.15) is 36.2 Å². The van der Waals surface area contributed by atoms with Gasteiger partial charge in [0.05, 0.1) is 19.7 Å². The molecular formula is C29H32FN5O4. The Kier molecular flexibility index (Phi) is 8.21. The maximum atomic E-state index is 15.0. The van der Waals surface area contributed by atoms with Gasteiger partial charge in [-0.3, -0.25) is 14.5 Å². The lowest BCUT2D eigenvalue weighted by molar-refractivity contribution is 0.102. The fraction of sp³-hybridized carbons (Fsp3) is 0.345. The lowest BCUT2D eigenvalue weighted by Crippen LogP contribution is -2.31. The first-order chi connectivity index (χ1) is 19.0. The Balaban J connectivity index is 1.22. The van der Waals surface area contributed by atoms with Crippen LogP contribution in [0, 0.1) is 5.82 Å². The Bertz CT molecular complexity index is 1450. The summed E-state index contributed by atoms with van der Waals surface area (Å²) >= 11 is 0. The monoisotopic (exact) mass is 533 g/mol. The summed E-state index contributed by atoms with van der Waals surface area (Å²) in [6.45, 7) is 4.10. The van der Waals surface area contributed by atoms with E-state index in [0.717, 1.165) is 32.6 Å². The number of likely N-dealkylation sites (tertiary alicyclic amines) is 1. The number of piperidine rings is 1. The number of nitrogens with one attached hydrogen (secondary N) is 1. The van der Waals surface area contributed by atoms with Gasteiger partial charge in [-0.2, -0.15) is 5.10 Å². The Morgan fingerprint density at radius 2 is 1.74 bits per heavy atom. The van der Waals surface area contributed by atoms with Crippen LogP contribution in [-0.4, -0.2) is 59.4 Å². The zero-order valence-corrected chi connectivity index (χ0v) is 22.2. The number of benzene rings is 2. The third kappa shape index (κ3) is 6.28. The van der Waals surface area contributed by atoms with Crippen molar-refractivity contribution in [3.8, 4) is 23.0 Å². The molecule has 1 fully saturated rings. The number of fused-ring (bicyclic) bond motifs is 1. The molecule has 0 bridgehead atoms. The number of methoxy groups -OCH3 is 2. The summed E-state index contributed by atoms with van der Waals surface area (Å²) in [7, 11) is 3.08. The largest absolute Gasteiger partial charge is 0.493 e. The van der Waals surface area contributed by atoms with E-state index in [-0.39, 0.29) is 11.4 Å². The molecule has 4 aromatic rings. The van der Waals surface area contributed by atoms with E-state index in [1.54, 1.807) is 54.5 Å². The maximum absolute atomic E-state index is 15.0. The molecule has 0 atom stereocenters. The number of ether oxygens (including phenoxy) is 3. The zero-order chi connectivity index (χ0) is 27.2. The number of hydrogen-bond acceptors (Lipinski definition) is 7. The molecule has 1 saturated heterocycles. The van der Waals surface area contributed by atoms with Crippen molar-refractivity contribution in [2.45, 2.75) is 32.2 Å². The van der Waals surface area contributed by atoms with Crippen LogP contribution in [-0.2, 0) is 6.54 Å². The zero-order valence-electron chi connectivity index (χ0n) is 22.2. The van der Waals surface area contributed by atoms with Crippen LogP contribution in [0.25, 0.3) is 10.9 Å². The van der Waals surface area contributed by atoms with Crippen molar-refractivity contribution < 1.29 is 23.4 Å². The summed E-state index contributed by atoms with van der Waals surface area (Å²) < 4.78 is 33.4. The first-order valence-electron chi connectivity index (χ1n) is 13.1. The normalized spacial score (nSPS) is 13.8. The molecule has 204 valence electrons. The van der Waals surface area contributed by atoms with Crippen LogP contribution in [0.3, 0.4) is 0 Å². The number of anilines is 1. The van der Waals surface area contributed by atoms with E-state index in [2.05, 4.69) is 20.3 Å². The van der Waals surface area contributed by atoms with Crippen molar-refractivity contribution in [1.82, 2.24) is 19.7 Å². The number of carbonyl (C=O) groups excluding carboxylic acids is 1. The molecule has 39 heavy (non-hydrogen) atoms. The predicted octanol–water partition coefficient (Wildman–Crippen LogP) is 5.51. The Hall–Kier alpha value is -4.18. The van der Waals surface area contributed by atoms with Gasteiger partial charge in [-0.1, -0.05) is 6.42 Å². The standard InChI is InChI=1S/C29H32FN5O4/c1-37-27-18-21-24(19-28(27)38-2)31-11-9-25(21)39-26-8-7-20(17-22(26)30)32-29(36)23-10-16-35(33-23)15-6-14-34-12-4-3-5-13-34/h7-11,16-19H,3-6,12-15H2,1-2H3,(H,32,36). The Morgan fingerprint density at radius 3 is 2.51 bits per heavy atom. The van der Waals surface area contributed by atoms with Crippen LogP contribution in [0.4, 0.5) is 10.1 Å². The number of aryl methyl sites for hydroxylation is 1. The van der Waals surface area contributed by atoms with Gasteiger partial charge in [-0.15, -0.1) is 0 Å². The van der Waals surface area contributed by atoms with E-state index < -0.39 is 11.7 Å². The predicted molar refractivity (Wildman–Crippen MR) is 146 cm³/mol. The van der Waals surface area contributed by atoms with Gasteiger partial charge < -0.3 is 24.4 Å². The van der Waals surface area contributed by atoms with Crippen molar-refractivity contribution in [3.05, 3.63) is 66.4 Å². The number of carbonyl (C=O) groups is 1. The second-order valence-corrected chi connectivity index (χ2v) is 9.45. The van der Waals surface area contributed by atoms with Gasteiger partial charge in [0.25, 0.3) is 5.91 Å². The van der Waals surface area contributed by atoms with Crippen LogP contribution in [0.2, 0.25) is 0 Å². The second kappa shape index (κ2) is 12.1. The average Bonchev–Trinajstić information content (AvgIpc) is 3.43. The number of nitrogens with zero attached hydrogens (tertiary/aromatic N) is 4. The van der Waals surface area contributed by atoms with Crippen molar-refractivity contribution in [1.29, 1.82) is 0 Å². The number of hydrogen-bond donors (Lipinski definition) is 1. The summed E-state index contributed by atoms with van der Waals surface area (Å²) in [5, 5.41) is 7.73. The molecule has 2 aromatic carbocycles. The number of aromatic nitrogens is 3. The van der Waals surface area contributed by atoms with Crippen LogP contribution < -0.4 is 19.5 Å². The molecular weight excluding hydrogens is 501 g/mol. The topological polar surface area (TPSA) is 90.7 Å². The molecule has 0 unspecified atom stereocenters. The van der Waals surface area contributed by atoms with E-state index in [4.69, 9.17) is 14.2 Å².